The lowest BCUT2D eigenvalue weighted by atomic mass is 9.96. The molecule has 216 valence electrons. The maximum absolute atomic E-state index is 13.1. The summed E-state index contributed by atoms with van der Waals surface area (Å²) in [6.07, 6.45) is -22.3. The molecule has 37 heavy (non-hydrogen) atoms. The zero-order valence-electron chi connectivity index (χ0n) is 19.9. The minimum atomic E-state index is -1.84. The Bertz CT molecular complexity index is 753. The van der Waals surface area contributed by atoms with E-state index in [-0.39, 0.29) is 0 Å². The third-order valence-corrected chi connectivity index (χ3v) is 6.51. The van der Waals surface area contributed by atoms with Crippen molar-refractivity contribution in [3.63, 3.8) is 0 Å². The topological polar surface area (TPSA) is 246 Å². The van der Waals surface area contributed by atoms with Gasteiger partial charge in [0.25, 0.3) is 0 Å². The van der Waals surface area contributed by atoms with E-state index in [0.29, 0.717) is 0 Å². The van der Waals surface area contributed by atoms with Gasteiger partial charge in [0.2, 0.25) is 5.91 Å². The number of aliphatic hydroxyl groups is 8. The van der Waals surface area contributed by atoms with Crippen LogP contribution in [0.5, 0.6) is 0 Å². The SMILES string of the molecule is CC(=O)N[C@H]1[C@H](O[C@@H]2[C@@H](OC[C@H]3O[C@@H](O)[C@H](O)[C@@H](O)[C@@H]3O)O[C@H](C)[C@@H](O)[C@@H]2O)O[C@H](CO)[C@@H](OF)[C@@H]1O. The molecule has 17 heteroatoms. The molecule has 0 radical (unpaired) electrons. The second-order valence-electron chi connectivity index (χ2n) is 9.16. The molecule has 3 aliphatic heterocycles. The standard InChI is InChI=1S/C20H34FNO15/c1-5-10(25)14(29)17(20(33-5)32-4-8-11(26)13(28)15(30)18(31)34-8)36-19-9(22-6(2)24)12(27)16(37-21)7(3-23)35-19/h5,7-20,23,25-31H,3-4H2,1-2H3,(H,22,24)/t5-,7-,8-,9-,10-,11-,12-,13+,14+,15-,16-,17+,18-,19+,20+/m1/s1. The van der Waals surface area contributed by atoms with Gasteiger partial charge in [-0.15, -0.1) is 0 Å². The first-order valence-corrected chi connectivity index (χ1v) is 11.6. The molecule has 0 aliphatic carbocycles. The van der Waals surface area contributed by atoms with Gasteiger partial charge in [0.15, 0.2) is 25.0 Å². The van der Waals surface area contributed by atoms with Gasteiger partial charge in [-0.25, -0.2) is 0 Å². The van der Waals surface area contributed by atoms with E-state index in [2.05, 4.69) is 10.3 Å². The molecular weight excluding hydrogens is 513 g/mol. The van der Waals surface area contributed by atoms with Gasteiger partial charge < -0.3 is 69.9 Å². The normalized spacial score (nSPS) is 49.0. The maximum Gasteiger partial charge on any atom is 0.217 e. The number of aliphatic hydroxyl groups excluding tert-OH is 8. The second kappa shape index (κ2) is 12.8. The third kappa shape index (κ3) is 6.53. The summed E-state index contributed by atoms with van der Waals surface area (Å²) in [5.41, 5.74) is 0. The molecular formula is C20H34FNO15. The minimum absolute atomic E-state index is 0.567. The highest BCUT2D eigenvalue weighted by atomic mass is 19.3. The molecule has 0 unspecified atom stereocenters. The summed E-state index contributed by atoms with van der Waals surface area (Å²) >= 11 is 0. The molecule has 9 N–H and O–H groups in total. The van der Waals surface area contributed by atoms with Gasteiger partial charge in [0.05, 0.1) is 19.3 Å². The van der Waals surface area contributed by atoms with Crippen molar-refractivity contribution in [2.75, 3.05) is 13.2 Å². The predicted molar refractivity (Wildman–Crippen MR) is 111 cm³/mol. The largest absolute Gasteiger partial charge is 0.394 e. The van der Waals surface area contributed by atoms with Crippen LogP contribution < -0.4 is 5.32 Å². The Morgan fingerprint density at radius 2 is 1.51 bits per heavy atom. The Morgan fingerprint density at radius 1 is 0.838 bits per heavy atom. The lowest BCUT2D eigenvalue weighted by Gasteiger charge is -2.47. The van der Waals surface area contributed by atoms with E-state index in [0.717, 1.165) is 6.92 Å². The Morgan fingerprint density at radius 3 is 2.11 bits per heavy atom. The van der Waals surface area contributed by atoms with Crippen molar-refractivity contribution in [2.24, 2.45) is 0 Å². The Hall–Kier alpha value is -1.16. The molecule has 16 nitrogen and oxygen atoms in total. The van der Waals surface area contributed by atoms with Crippen LogP contribution in [0.15, 0.2) is 0 Å². The highest BCUT2D eigenvalue weighted by molar-refractivity contribution is 5.73. The van der Waals surface area contributed by atoms with E-state index in [1.807, 2.05) is 0 Å². The molecule has 0 aromatic rings. The van der Waals surface area contributed by atoms with E-state index < -0.39 is 111 Å². The van der Waals surface area contributed by atoms with Crippen LogP contribution in [0.25, 0.3) is 0 Å². The van der Waals surface area contributed by atoms with Gasteiger partial charge in [0.1, 0.15) is 61.0 Å². The number of hydrogen-bond acceptors (Lipinski definition) is 15. The lowest BCUT2D eigenvalue weighted by Crippen LogP contribution is -2.67. The van der Waals surface area contributed by atoms with Crippen LogP contribution in [0.1, 0.15) is 13.8 Å². The van der Waals surface area contributed by atoms with Crippen molar-refractivity contribution in [1.82, 2.24) is 5.32 Å². The van der Waals surface area contributed by atoms with E-state index in [4.69, 9.17) is 23.7 Å². The summed E-state index contributed by atoms with van der Waals surface area (Å²) in [5, 5.41) is 82.8. The Balaban J connectivity index is 1.79. The van der Waals surface area contributed by atoms with Crippen molar-refractivity contribution >= 4 is 5.91 Å². The third-order valence-electron chi connectivity index (χ3n) is 6.51. The summed E-state index contributed by atoms with van der Waals surface area (Å²) < 4.78 is 40.4. The minimum Gasteiger partial charge on any atom is -0.394 e. The number of halogens is 1. The Kier molecular flexibility index (Phi) is 10.5. The van der Waals surface area contributed by atoms with Gasteiger partial charge in [-0.1, -0.05) is 0 Å². The number of rotatable bonds is 8. The van der Waals surface area contributed by atoms with E-state index in [1.165, 1.54) is 6.92 Å². The van der Waals surface area contributed by atoms with Crippen LogP contribution in [-0.2, 0) is 33.4 Å². The molecule has 3 aliphatic rings. The zero-order valence-corrected chi connectivity index (χ0v) is 19.9. The molecule has 0 spiro atoms. The van der Waals surface area contributed by atoms with Crippen LogP contribution in [0.4, 0.5) is 4.53 Å². The van der Waals surface area contributed by atoms with Crippen LogP contribution in [0.3, 0.4) is 0 Å². The maximum atomic E-state index is 13.1. The number of nitrogens with one attached hydrogen (secondary N) is 1. The first-order chi connectivity index (χ1) is 17.4. The molecule has 3 fully saturated rings. The van der Waals surface area contributed by atoms with Crippen LogP contribution in [-0.4, -0.2) is 152 Å². The zero-order chi connectivity index (χ0) is 27.6. The fourth-order valence-electron chi connectivity index (χ4n) is 4.38. The second-order valence-corrected chi connectivity index (χ2v) is 9.16. The van der Waals surface area contributed by atoms with Gasteiger partial charge in [0, 0.05) is 6.92 Å². The molecule has 15 atom stereocenters. The van der Waals surface area contributed by atoms with Crippen LogP contribution >= 0.6 is 0 Å². The van der Waals surface area contributed by atoms with Crippen molar-refractivity contribution in [3.8, 4) is 0 Å². The molecule has 0 aromatic carbocycles. The van der Waals surface area contributed by atoms with Gasteiger partial charge >= 0.3 is 0 Å². The monoisotopic (exact) mass is 547 g/mol. The molecule has 3 rings (SSSR count). The summed E-state index contributed by atoms with van der Waals surface area (Å²) in [7, 11) is 0. The first kappa shape index (κ1) is 30.4. The summed E-state index contributed by atoms with van der Waals surface area (Å²) in [6, 6.07) is -1.47. The van der Waals surface area contributed by atoms with Gasteiger partial charge in [-0.05, 0) is 11.4 Å². The number of amides is 1. The van der Waals surface area contributed by atoms with E-state index >= 15 is 0 Å². The number of ether oxygens (including phenoxy) is 5. The van der Waals surface area contributed by atoms with Crippen molar-refractivity contribution in [1.29, 1.82) is 0 Å². The Labute approximate surface area is 209 Å². The van der Waals surface area contributed by atoms with Crippen LogP contribution in [0.2, 0.25) is 0 Å². The quantitative estimate of drug-likeness (QED) is 0.138. The average Bonchev–Trinajstić information content (AvgIpc) is 2.86. The van der Waals surface area contributed by atoms with Gasteiger partial charge in [-0.2, -0.15) is 4.94 Å². The summed E-state index contributed by atoms with van der Waals surface area (Å²) in [4.78, 5) is 15.4. The van der Waals surface area contributed by atoms with Crippen molar-refractivity contribution in [3.05, 3.63) is 0 Å². The number of carbonyl (C=O) groups is 1. The fourth-order valence-corrected chi connectivity index (χ4v) is 4.38. The number of hydrogen-bond donors (Lipinski definition) is 9. The smallest absolute Gasteiger partial charge is 0.217 e. The molecule has 1 amide bonds. The highest BCUT2D eigenvalue weighted by Gasteiger charge is 2.52. The highest BCUT2D eigenvalue weighted by Crippen LogP contribution is 2.31. The van der Waals surface area contributed by atoms with Gasteiger partial charge in [-0.3, -0.25) is 4.79 Å². The van der Waals surface area contributed by atoms with Crippen molar-refractivity contribution in [2.45, 2.75) is 106 Å². The predicted octanol–water partition coefficient (Wildman–Crippen LogP) is -5.49. The van der Waals surface area contributed by atoms with Crippen LogP contribution in [0, 0.1) is 0 Å². The summed E-state index contributed by atoms with van der Waals surface area (Å²) in [6.45, 7) is 1.11. The average molecular weight is 547 g/mol. The molecule has 0 bridgehead atoms. The molecule has 3 heterocycles. The fraction of sp³-hybridized carbons (Fsp3) is 0.950. The van der Waals surface area contributed by atoms with E-state index in [9.17, 15) is 50.2 Å². The lowest BCUT2D eigenvalue weighted by molar-refractivity contribution is -0.369. The van der Waals surface area contributed by atoms with Crippen molar-refractivity contribution < 1.29 is 78.8 Å². The summed E-state index contributed by atoms with van der Waals surface area (Å²) in [5.74, 6) is -0.675. The molecule has 3 saturated heterocycles. The number of carbonyl (C=O) groups excluding carboxylic acids is 1. The first-order valence-electron chi connectivity index (χ1n) is 11.6. The molecule has 0 aromatic heterocycles. The molecule has 0 saturated carbocycles. The van der Waals surface area contributed by atoms with E-state index in [1.54, 1.807) is 0 Å².